The smallest absolute Gasteiger partial charge is 0.254 e. The largest absolute Gasteiger partial charge is 0.369 e. The maximum atomic E-state index is 14.4. The molecule has 0 bridgehead atoms. The van der Waals surface area contributed by atoms with Gasteiger partial charge in [0.15, 0.2) is 0 Å². The van der Waals surface area contributed by atoms with E-state index in [4.69, 9.17) is 0 Å². The highest BCUT2D eigenvalue weighted by Crippen LogP contribution is 2.50. The minimum atomic E-state index is -0.941. The topological polar surface area (TPSA) is 73.5 Å². The summed E-state index contributed by atoms with van der Waals surface area (Å²) in [5, 5.41) is 9.11. The van der Waals surface area contributed by atoms with E-state index in [9.17, 15) is 18.4 Å². The number of aryl methyl sites for hydroxylation is 1. The quantitative estimate of drug-likeness (QED) is 0.347. The molecule has 0 saturated carbocycles. The van der Waals surface area contributed by atoms with Crippen LogP contribution in [0.1, 0.15) is 42.6 Å². The molecule has 2 fully saturated rings. The number of carbonyl (C=O) groups is 2. The first-order valence-electron chi connectivity index (χ1n) is 13.8. The normalized spacial score (nSPS) is 22.6. The zero-order chi connectivity index (χ0) is 28.3. The van der Waals surface area contributed by atoms with Crippen LogP contribution in [-0.2, 0) is 11.2 Å². The van der Waals surface area contributed by atoms with Gasteiger partial charge in [0.05, 0.1) is 16.9 Å². The number of rotatable bonds is 9. The van der Waals surface area contributed by atoms with Gasteiger partial charge < -0.3 is 20.9 Å². The molecule has 6 nitrogen and oxygen atoms in total. The van der Waals surface area contributed by atoms with E-state index in [0.29, 0.717) is 24.9 Å². The number of halogens is 2. The van der Waals surface area contributed by atoms with Gasteiger partial charge >= 0.3 is 0 Å². The molecular weight excluding hydrogens is 510 g/mol. The van der Waals surface area contributed by atoms with Crippen molar-refractivity contribution in [3.8, 4) is 0 Å². The lowest BCUT2D eigenvalue weighted by atomic mass is 9.71. The summed E-state index contributed by atoms with van der Waals surface area (Å²) in [7, 11) is 0. The molecule has 5 rings (SSSR count). The second kappa shape index (κ2) is 11.4. The van der Waals surface area contributed by atoms with Gasteiger partial charge in [-0.2, -0.15) is 0 Å². The number of fused-ring (bicyclic) bond motifs is 1. The Kier molecular flexibility index (Phi) is 7.90. The Morgan fingerprint density at radius 2 is 1.62 bits per heavy atom. The fraction of sp³-hybridized carbons (Fsp3) is 0.375. The van der Waals surface area contributed by atoms with Gasteiger partial charge in [0.25, 0.3) is 5.91 Å². The average molecular weight is 547 g/mol. The van der Waals surface area contributed by atoms with Crippen LogP contribution in [0.4, 0.5) is 20.2 Å². The lowest BCUT2D eigenvalue weighted by molar-refractivity contribution is -0.118. The van der Waals surface area contributed by atoms with Crippen molar-refractivity contribution in [1.82, 2.24) is 10.6 Å². The van der Waals surface area contributed by atoms with Crippen LogP contribution in [0.2, 0.25) is 0 Å². The highest BCUT2D eigenvalue weighted by atomic mass is 19.1. The monoisotopic (exact) mass is 546 g/mol. The number of hydrogen-bond acceptors (Lipinski definition) is 4. The van der Waals surface area contributed by atoms with Gasteiger partial charge in [0, 0.05) is 37.0 Å². The van der Waals surface area contributed by atoms with Crippen LogP contribution in [0.3, 0.4) is 0 Å². The molecule has 3 aromatic carbocycles. The summed E-state index contributed by atoms with van der Waals surface area (Å²) in [6, 6.07) is 19.0. The predicted octanol–water partition coefficient (Wildman–Crippen LogP) is 5.16. The van der Waals surface area contributed by atoms with Crippen molar-refractivity contribution < 1.29 is 18.4 Å². The van der Waals surface area contributed by atoms with Crippen LogP contribution in [-0.4, -0.2) is 44.0 Å². The molecule has 3 aromatic rings. The van der Waals surface area contributed by atoms with Crippen LogP contribution in [0.5, 0.6) is 0 Å². The molecular formula is C32H36F2N4O2. The summed E-state index contributed by atoms with van der Waals surface area (Å²) in [6.45, 7) is 7.86. The molecule has 3 unspecified atom stereocenters. The Bertz CT molecular complexity index is 1370. The van der Waals surface area contributed by atoms with Gasteiger partial charge in [-0.05, 0) is 55.2 Å². The molecule has 3 N–H and O–H groups in total. The van der Waals surface area contributed by atoms with Crippen LogP contribution in [0.15, 0.2) is 72.8 Å². The summed E-state index contributed by atoms with van der Waals surface area (Å²) >= 11 is 0. The van der Waals surface area contributed by atoms with E-state index in [1.54, 1.807) is 12.1 Å². The summed E-state index contributed by atoms with van der Waals surface area (Å²) < 4.78 is 28.8. The molecule has 40 heavy (non-hydrogen) atoms. The molecule has 3 atom stereocenters. The van der Waals surface area contributed by atoms with Gasteiger partial charge in [-0.1, -0.05) is 56.3 Å². The van der Waals surface area contributed by atoms with Gasteiger partial charge in [0.2, 0.25) is 5.91 Å². The van der Waals surface area contributed by atoms with Crippen LogP contribution in [0.25, 0.3) is 0 Å². The Hall–Kier alpha value is -3.78. The van der Waals surface area contributed by atoms with Crippen molar-refractivity contribution in [2.24, 2.45) is 10.8 Å². The first-order valence-corrected chi connectivity index (χ1v) is 13.8. The molecule has 2 saturated heterocycles. The lowest BCUT2D eigenvalue weighted by Crippen LogP contribution is -2.44. The second-order valence-electron chi connectivity index (χ2n) is 11.6. The highest BCUT2D eigenvalue weighted by molar-refractivity contribution is 6.02. The Morgan fingerprint density at radius 3 is 2.33 bits per heavy atom. The lowest BCUT2D eigenvalue weighted by Gasteiger charge is -2.30. The van der Waals surface area contributed by atoms with Crippen molar-refractivity contribution in [1.29, 1.82) is 0 Å². The number of nitrogens with one attached hydrogen (secondary N) is 3. The molecule has 0 radical (unpaired) electrons. The van der Waals surface area contributed by atoms with Gasteiger partial charge in [0.1, 0.15) is 17.7 Å². The molecule has 2 amide bonds. The minimum absolute atomic E-state index is 0.0520. The van der Waals surface area contributed by atoms with Crippen LogP contribution < -0.4 is 20.9 Å². The van der Waals surface area contributed by atoms with Crippen molar-refractivity contribution in [3.05, 3.63) is 95.6 Å². The van der Waals surface area contributed by atoms with E-state index in [1.807, 2.05) is 30.3 Å². The zero-order valence-electron chi connectivity index (χ0n) is 23.0. The molecule has 2 aliphatic rings. The number of nitrogens with zero attached hydrogens (tertiary/aromatic N) is 1. The van der Waals surface area contributed by atoms with Gasteiger partial charge in [-0.3, -0.25) is 9.59 Å². The number of benzene rings is 3. The second-order valence-corrected chi connectivity index (χ2v) is 11.6. The predicted molar refractivity (Wildman–Crippen MR) is 153 cm³/mol. The SMILES string of the molecule is CC12CNCC1(C)CN(c1ccc(F)cc1NC(=O)C(CCCc1ccccc1)NC(=O)c1ccccc1F)C2. The van der Waals surface area contributed by atoms with Crippen molar-refractivity contribution >= 4 is 23.2 Å². The molecule has 0 aliphatic carbocycles. The molecule has 0 spiro atoms. The third kappa shape index (κ3) is 5.72. The van der Waals surface area contributed by atoms with E-state index in [-0.39, 0.29) is 16.4 Å². The number of anilines is 2. The van der Waals surface area contributed by atoms with E-state index in [0.717, 1.165) is 37.4 Å². The minimum Gasteiger partial charge on any atom is -0.369 e. The summed E-state index contributed by atoms with van der Waals surface area (Å²) in [5.41, 5.74) is 2.19. The molecule has 210 valence electrons. The van der Waals surface area contributed by atoms with Gasteiger partial charge in [-0.15, -0.1) is 0 Å². The third-order valence-electron chi connectivity index (χ3n) is 8.67. The Morgan fingerprint density at radius 1 is 0.950 bits per heavy atom. The summed E-state index contributed by atoms with van der Waals surface area (Å²) in [4.78, 5) is 28.8. The standard InChI is InChI=1S/C32H36F2N4O2/c1-31-18-35-19-32(31,2)21-38(20-31)28-16-15-23(33)17-27(28)37-30(40)26(14-8-11-22-9-4-3-5-10-22)36-29(39)24-12-6-7-13-25(24)34/h3-7,9-10,12-13,15-17,26,35H,8,11,14,18-21H2,1-2H3,(H,36,39)(H,37,40). The van der Waals surface area contributed by atoms with E-state index >= 15 is 0 Å². The number of carbonyl (C=O) groups excluding carboxylic acids is 2. The van der Waals surface area contributed by atoms with Crippen molar-refractivity contribution in [2.45, 2.75) is 39.2 Å². The molecule has 2 heterocycles. The third-order valence-corrected chi connectivity index (χ3v) is 8.67. The number of amides is 2. The van der Waals surface area contributed by atoms with E-state index in [2.05, 4.69) is 34.7 Å². The maximum absolute atomic E-state index is 14.4. The fourth-order valence-electron chi connectivity index (χ4n) is 6.01. The molecule has 8 heteroatoms. The molecule has 0 aromatic heterocycles. The van der Waals surface area contributed by atoms with Crippen molar-refractivity contribution in [2.75, 3.05) is 36.4 Å². The van der Waals surface area contributed by atoms with Gasteiger partial charge in [-0.25, -0.2) is 8.78 Å². The average Bonchev–Trinajstić information content (AvgIpc) is 3.35. The molecule has 2 aliphatic heterocycles. The van der Waals surface area contributed by atoms with E-state index < -0.39 is 29.5 Å². The summed E-state index contributed by atoms with van der Waals surface area (Å²) in [6.07, 6.45) is 1.66. The Labute approximate surface area is 234 Å². The zero-order valence-corrected chi connectivity index (χ0v) is 23.0. The number of hydrogen-bond donors (Lipinski definition) is 3. The van der Waals surface area contributed by atoms with Crippen molar-refractivity contribution in [3.63, 3.8) is 0 Å². The Balaban J connectivity index is 1.35. The first-order chi connectivity index (χ1) is 19.2. The van der Waals surface area contributed by atoms with E-state index in [1.165, 1.54) is 30.3 Å². The fourth-order valence-corrected chi connectivity index (χ4v) is 6.01. The van der Waals surface area contributed by atoms with Crippen LogP contribution in [0, 0.1) is 22.5 Å². The summed E-state index contributed by atoms with van der Waals surface area (Å²) in [5.74, 6) is -2.26. The van der Waals surface area contributed by atoms with Crippen LogP contribution >= 0.6 is 0 Å². The highest BCUT2D eigenvalue weighted by Gasteiger charge is 2.55. The first kappa shape index (κ1) is 27.8. The maximum Gasteiger partial charge on any atom is 0.254 e.